The second-order valence-corrected chi connectivity index (χ2v) is 6.76. The van der Waals surface area contributed by atoms with Crippen LogP contribution in [0.25, 0.3) is 0 Å². The molecule has 3 heteroatoms. The number of piperidine rings is 1. The zero-order valence-electron chi connectivity index (χ0n) is 14.2. The van der Waals surface area contributed by atoms with Crippen molar-refractivity contribution in [2.75, 3.05) is 18.0 Å². The van der Waals surface area contributed by atoms with Gasteiger partial charge in [-0.05, 0) is 44.7 Å². The van der Waals surface area contributed by atoms with Gasteiger partial charge in [-0.25, -0.2) is 0 Å². The fourth-order valence-electron chi connectivity index (χ4n) is 3.74. The molecule has 122 valence electrons. The summed E-state index contributed by atoms with van der Waals surface area (Å²) in [7, 11) is 0. The van der Waals surface area contributed by atoms with Crippen LogP contribution in [0.1, 0.15) is 45.1 Å². The van der Waals surface area contributed by atoms with Crippen LogP contribution in [0.5, 0.6) is 0 Å². The SMILES string of the molecule is CC1CCCC(C)N1CC#CCN1C(=O)CCc2ccccc21. The van der Waals surface area contributed by atoms with Gasteiger partial charge in [0.1, 0.15) is 0 Å². The van der Waals surface area contributed by atoms with Gasteiger partial charge in [-0.3, -0.25) is 9.69 Å². The van der Waals surface area contributed by atoms with Crippen molar-refractivity contribution in [2.45, 2.75) is 58.0 Å². The number of para-hydroxylation sites is 1. The zero-order valence-corrected chi connectivity index (χ0v) is 14.2. The van der Waals surface area contributed by atoms with E-state index >= 15 is 0 Å². The highest BCUT2D eigenvalue weighted by atomic mass is 16.2. The van der Waals surface area contributed by atoms with E-state index < -0.39 is 0 Å². The standard InChI is InChI=1S/C20H26N2O/c1-16-8-7-9-17(2)21(16)14-5-6-15-22-19-11-4-3-10-18(19)12-13-20(22)23/h3-4,10-11,16-17H,7-9,12-15H2,1-2H3. The van der Waals surface area contributed by atoms with E-state index in [0.29, 0.717) is 25.0 Å². The average Bonchev–Trinajstić information content (AvgIpc) is 2.55. The van der Waals surface area contributed by atoms with Crippen molar-refractivity contribution in [3.05, 3.63) is 29.8 Å². The number of nitrogens with zero attached hydrogens (tertiary/aromatic N) is 2. The predicted molar refractivity (Wildman–Crippen MR) is 94.4 cm³/mol. The fraction of sp³-hybridized carbons (Fsp3) is 0.550. The van der Waals surface area contributed by atoms with Crippen LogP contribution in [0.2, 0.25) is 0 Å². The molecule has 1 aromatic rings. The lowest BCUT2D eigenvalue weighted by Crippen LogP contribution is -2.43. The summed E-state index contributed by atoms with van der Waals surface area (Å²) in [6.07, 6.45) is 5.31. The summed E-state index contributed by atoms with van der Waals surface area (Å²) in [4.78, 5) is 16.5. The number of fused-ring (bicyclic) bond motifs is 1. The van der Waals surface area contributed by atoms with E-state index in [4.69, 9.17) is 0 Å². The number of benzene rings is 1. The zero-order chi connectivity index (χ0) is 16.2. The molecule has 1 amide bonds. The van der Waals surface area contributed by atoms with Gasteiger partial charge in [-0.15, -0.1) is 0 Å². The first-order chi connectivity index (χ1) is 11.2. The highest BCUT2D eigenvalue weighted by Gasteiger charge is 2.24. The molecule has 0 aromatic heterocycles. The summed E-state index contributed by atoms with van der Waals surface area (Å²) >= 11 is 0. The maximum Gasteiger partial charge on any atom is 0.228 e. The Hall–Kier alpha value is -1.79. The summed E-state index contributed by atoms with van der Waals surface area (Å²) in [6.45, 7) is 5.90. The van der Waals surface area contributed by atoms with Crippen molar-refractivity contribution in [1.82, 2.24) is 4.90 Å². The van der Waals surface area contributed by atoms with Gasteiger partial charge in [0.05, 0.1) is 13.1 Å². The van der Waals surface area contributed by atoms with Crippen molar-refractivity contribution in [3.63, 3.8) is 0 Å². The number of anilines is 1. The fourth-order valence-corrected chi connectivity index (χ4v) is 3.74. The molecular formula is C20H26N2O. The van der Waals surface area contributed by atoms with E-state index in [0.717, 1.165) is 18.7 Å². The molecule has 0 bridgehead atoms. The van der Waals surface area contributed by atoms with Crippen LogP contribution in [0.4, 0.5) is 5.69 Å². The van der Waals surface area contributed by atoms with Crippen molar-refractivity contribution < 1.29 is 4.79 Å². The molecule has 2 unspecified atom stereocenters. The number of rotatable bonds is 2. The van der Waals surface area contributed by atoms with E-state index in [1.807, 2.05) is 23.1 Å². The van der Waals surface area contributed by atoms with Gasteiger partial charge in [0.25, 0.3) is 0 Å². The minimum absolute atomic E-state index is 0.192. The monoisotopic (exact) mass is 310 g/mol. The first kappa shape index (κ1) is 16.1. The second-order valence-electron chi connectivity index (χ2n) is 6.76. The van der Waals surface area contributed by atoms with Gasteiger partial charge in [0.15, 0.2) is 0 Å². The van der Waals surface area contributed by atoms with Gasteiger partial charge in [-0.1, -0.05) is 36.5 Å². The number of likely N-dealkylation sites (tertiary alicyclic amines) is 1. The van der Waals surface area contributed by atoms with Crippen molar-refractivity contribution >= 4 is 11.6 Å². The third-order valence-corrected chi connectivity index (χ3v) is 5.19. The number of aryl methyl sites for hydroxylation is 1. The summed E-state index contributed by atoms with van der Waals surface area (Å²) in [5.41, 5.74) is 2.30. The Labute approximate surface area is 139 Å². The summed E-state index contributed by atoms with van der Waals surface area (Å²) < 4.78 is 0. The molecule has 3 rings (SSSR count). The van der Waals surface area contributed by atoms with Gasteiger partial charge < -0.3 is 4.90 Å². The number of amides is 1. The molecule has 2 heterocycles. The summed E-state index contributed by atoms with van der Waals surface area (Å²) in [6, 6.07) is 9.41. The highest BCUT2D eigenvalue weighted by Crippen LogP contribution is 2.27. The minimum atomic E-state index is 0.192. The topological polar surface area (TPSA) is 23.6 Å². The lowest BCUT2D eigenvalue weighted by atomic mass is 9.98. The lowest BCUT2D eigenvalue weighted by Gasteiger charge is -2.37. The highest BCUT2D eigenvalue weighted by molar-refractivity contribution is 5.96. The molecule has 1 aromatic carbocycles. The molecule has 2 aliphatic rings. The molecule has 0 aliphatic carbocycles. The number of carbonyl (C=O) groups excluding carboxylic acids is 1. The molecule has 23 heavy (non-hydrogen) atoms. The number of hydrogen-bond acceptors (Lipinski definition) is 2. The van der Waals surface area contributed by atoms with Crippen LogP contribution in [0, 0.1) is 11.8 Å². The van der Waals surface area contributed by atoms with Gasteiger partial charge in [-0.2, -0.15) is 0 Å². The van der Waals surface area contributed by atoms with Crippen LogP contribution >= 0.6 is 0 Å². The van der Waals surface area contributed by atoms with Gasteiger partial charge in [0.2, 0.25) is 5.91 Å². The van der Waals surface area contributed by atoms with Crippen LogP contribution < -0.4 is 4.90 Å². The Bertz CT molecular complexity index is 618. The molecule has 0 N–H and O–H groups in total. The normalized spacial score (nSPS) is 24.8. The first-order valence-electron chi connectivity index (χ1n) is 8.76. The minimum Gasteiger partial charge on any atom is -0.301 e. The van der Waals surface area contributed by atoms with E-state index in [2.05, 4.69) is 36.7 Å². The Morgan fingerprint density at radius 1 is 1.04 bits per heavy atom. The predicted octanol–water partition coefficient (Wildman–Crippen LogP) is 3.23. The summed E-state index contributed by atoms with van der Waals surface area (Å²) in [5, 5.41) is 0. The van der Waals surface area contributed by atoms with E-state index in [-0.39, 0.29) is 5.91 Å². The number of hydrogen-bond donors (Lipinski definition) is 0. The van der Waals surface area contributed by atoms with Crippen LogP contribution in [-0.2, 0) is 11.2 Å². The molecule has 1 fully saturated rings. The van der Waals surface area contributed by atoms with Crippen molar-refractivity contribution in [3.8, 4) is 11.8 Å². The van der Waals surface area contributed by atoms with Crippen molar-refractivity contribution in [1.29, 1.82) is 0 Å². The molecule has 0 spiro atoms. The second kappa shape index (κ2) is 7.19. The number of carbonyl (C=O) groups is 1. The molecule has 2 aliphatic heterocycles. The molecule has 0 radical (unpaired) electrons. The van der Waals surface area contributed by atoms with Gasteiger partial charge >= 0.3 is 0 Å². The largest absolute Gasteiger partial charge is 0.301 e. The maximum absolute atomic E-state index is 12.2. The van der Waals surface area contributed by atoms with Crippen LogP contribution in [0.15, 0.2) is 24.3 Å². The summed E-state index contributed by atoms with van der Waals surface area (Å²) in [5.74, 6) is 6.72. The Kier molecular flexibility index (Phi) is 5.03. The molecule has 0 saturated carbocycles. The molecule has 2 atom stereocenters. The van der Waals surface area contributed by atoms with Crippen molar-refractivity contribution in [2.24, 2.45) is 0 Å². The maximum atomic E-state index is 12.2. The smallest absolute Gasteiger partial charge is 0.228 e. The third-order valence-electron chi connectivity index (χ3n) is 5.19. The molecule has 1 saturated heterocycles. The molecular weight excluding hydrogens is 284 g/mol. The third kappa shape index (κ3) is 3.59. The Balaban J connectivity index is 1.64. The van der Waals surface area contributed by atoms with E-state index in [9.17, 15) is 4.79 Å². The van der Waals surface area contributed by atoms with Crippen LogP contribution in [-0.4, -0.2) is 36.0 Å². The van der Waals surface area contributed by atoms with E-state index in [1.165, 1.54) is 24.8 Å². The Morgan fingerprint density at radius 2 is 1.74 bits per heavy atom. The average molecular weight is 310 g/mol. The molecule has 3 nitrogen and oxygen atoms in total. The lowest BCUT2D eigenvalue weighted by molar-refractivity contribution is -0.118. The van der Waals surface area contributed by atoms with Crippen LogP contribution in [0.3, 0.4) is 0 Å². The van der Waals surface area contributed by atoms with E-state index in [1.54, 1.807) is 0 Å². The quantitative estimate of drug-likeness (QED) is 0.783. The van der Waals surface area contributed by atoms with Gasteiger partial charge in [0, 0.05) is 24.2 Å². The Morgan fingerprint density at radius 3 is 2.52 bits per heavy atom. The first-order valence-corrected chi connectivity index (χ1v) is 8.76.